The Bertz CT molecular complexity index is 1200. The van der Waals surface area contributed by atoms with Crippen LogP contribution in [0, 0.1) is 19.7 Å². The monoisotopic (exact) mass is 418 g/mol. The molecule has 10 heteroatoms. The molecule has 0 aliphatic heterocycles. The van der Waals surface area contributed by atoms with Gasteiger partial charge in [-0.1, -0.05) is 0 Å². The van der Waals surface area contributed by atoms with Crippen LogP contribution in [0.25, 0.3) is 11.4 Å². The van der Waals surface area contributed by atoms with E-state index in [9.17, 15) is 4.39 Å². The highest BCUT2D eigenvalue weighted by Crippen LogP contribution is 2.31. The highest BCUT2D eigenvalue weighted by Gasteiger charge is 2.10. The minimum absolute atomic E-state index is 0.398. The van der Waals surface area contributed by atoms with Gasteiger partial charge in [0, 0.05) is 23.4 Å². The molecule has 31 heavy (non-hydrogen) atoms. The number of methoxy groups -OCH3 is 1. The number of aryl methyl sites for hydroxylation is 2. The number of benzene rings is 1. The standard InChI is InChI=1S/C21H19FN8O/c1-12-6-20(28-13(2)27-12)30-19-8-18(25-11-26-19)29-16-5-4-14(7-17(16)31-3)21-23-9-15(22)10-24-21/h4-11H,1-3H3,(H2,25,26,27,28,29,30). The van der Waals surface area contributed by atoms with Crippen molar-refractivity contribution in [3.63, 3.8) is 0 Å². The van der Waals surface area contributed by atoms with Gasteiger partial charge in [-0.2, -0.15) is 0 Å². The van der Waals surface area contributed by atoms with E-state index in [4.69, 9.17) is 4.74 Å². The first-order valence-electron chi connectivity index (χ1n) is 9.34. The fourth-order valence-electron chi connectivity index (χ4n) is 2.94. The molecule has 0 bridgehead atoms. The first kappa shape index (κ1) is 20.1. The van der Waals surface area contributed by atoms with Gasteiger partial charge in [0.05, 0.1) is 25.2 Å². The van der Waals surface area contributed by atoms with Crippen LogP contribution in [0.3, 0.4) is 0 Å². The molecule has 0 unspecified atom stereocenters. The van der Waals surface area contributed by atoms with Crippen LogP contribution in [0.1, 0.15) is 11.5 Å². The number of hydrogen-bond donors (Lipinski definition) is 2. The summed E-state index contributed by atoms with van der Waals surface area (Å²) in [5.74, 6) is 2.92. The summed E-state index contributed by atoms with van der Waals surface area (Å²) in [4.78, 5) is 25.1. The maximum absolute atomic E-state index is 13.1. The minimum atomic E-state index is -0.491. The lowest BCUT2D eigenvalue weighted by atomic mass is 10.1. The number of ether oxygens (including phenoxy) is 1. The molecule has 156 valence electrons. The lowest BCUT2D eigenvalue weighted by Gasteiger charge is -2.13. The normalized spacial score (nSPS) is 10.6. The average molecular weight is 418 g/mol. The van der Waals surface area contributed by atoms with E-state index >= 15 is 0 Å². The van der Waals surface area contributed by atoms with Crippen molar-refractivity contribution < 1.29 is 9.13 Å². The van der Waals surface area contributed by atoms with E-state index in [0.29, 0.717) is 46.1 Å². The van der Waals surface area contributed by atoms with Crippen LogP contribution in [-0.2, 0) is 0 Å². The highest BCUT2D eigenvalue weighted by molar-refractivity contribution is 5.71. The molecule has 0 atom stereocenters. The Balaban J connectivity index is 1.56. The summed E-state index contributed by atoms with van der Waals surface area (Å²) in [6.07, 6.45) is 3.69. The molecule has 0 aliphatic rings. The molecule has 4 rings (SSSR count). The number of halogens is 1. The van der Waals surface area contributed by atoms with Crippen molar-refractivity contribution in [2.75, 3.05) is 17.7 Å². The summed E-state index contributed by atoms with van der Waals surface area (Å²) >= 11 is 0. The molecule has 0 spiro atoms. The van der Waals surface area contributed by atoms with Crippen LogP contribution in [0.5, 0.6) is 5.75 Å². The van der Waals surface area contributed by atoms with Gasteiger partial charge in [-0.3, -0.25) is 0 Å². The number of hydrogen-bond acceptors (Lipinski definition) is 9. The molecule has 9 nitrogen and oxygen atoms in total. The van der Waals surface area contributed by atoms with Crippen LogP contribution in [-0.4, -0.2) is 37.0 Å². The second kappa shape index (κ2) is 8.66. The lowest BCUT2D eigenvalue weighted by Crippen LogP contribution is -2.02. The van der Waals surface area contributed by atoms with Gasteiger partial charge < -0.3 is 15.4 Å². The van der Waals surface area contributed by atoms with Crippen molar-refractivity contribution in [3.8, 4) is 17.1 Å². The molecule has 0 aliphatic carbocycles. The Labute approximate surface area is 177 Å². The average Bonchev–Trinajstić information content (AvgIpc) is 2.74. The molecule has 0 saturated heterocycles. The Kier molecular flexibility index (Phi) is 5.61. The molecular formula is C21H19FN8O. The Morgan fingerprint density at radius 2 is 1.58 bits per heavy atom. The number of anilines is 4. The Hall–Kier alpha value is -4.21. The van der Waals surface area contributed by atoms with E-state index in [0.717, 1.165) is 18.1 Å². The van der Waals surface area contributed by atoms with Crippen molar-refractivity contribution >= 4 is 23.1 Å². The predicted octanol–water partition coefficient (Wildman–Crippen LogP) is 3.98. The van der Waals surface area contributed by atoms with E-state index in [2.05, 4.69) is 40.5 Å². The molecule has 3 aromatic heterocycles. The van der Waals surface area contributed by atoms with Gasteiger partial charge in [0.2, 0.25) is 0 Å². The molecule has 4 aromatic rings. The van der Waals surface area contributed by atoms with Crippen molar-refractivity contribution in [1.82, 2.24) is 29.9 Å². The van der Waals surface area contributed by atoms with Gasteiger partial charge in [-0.25, -0.2) is 34.3 Å². The van der Waals surface area contributed by atoms with E-state index in [1.165, 1.54) is 6.33 Å². The zero-order valence-electron chi connectivity index (χ0n) is 17.1. The van der Waals surface area contributed by atoms with Crippen molar-refractivity contribution in [2.45, 2.75) is 13.8 Å². The quantitative estimate of drug-likeness (QED) is 0.480. The van der Waals surface area contributed by atoms with Gasteiger partial charge >= 0.3 is 0 Å². The predicted molar refractivity (Wildman–Crippen MR) is 114 cm³/mol. The summed E-state index contributed by atoms with van der Waals surface area (Å²) in [7, 11) is 1.56. The van der Waals surface area contributed by atoms with Crippen LogP contribution in [0.4, 0.5) is 27.5 Å². The van der Waals surface area contributed by atoms with Crippen molar-refractivity contribution in [3.05, 3.63) is 66.4 Å². The number of rotatable bonds is 6. The summed E-state index contributed by atoms with van der Waals surface area (Å²) in [6.45, 7) is 3.73. The lowest BCUT2D eigenvalue weighted by molar-refractivity contribution is 0.417. The topological polar surface area (TPSA) is 111 Å². The van der Waals surface area contributed by atoms with Gasteiger partial charge in [0.25, 0.3) is 0 Å². The largest absolute Gasteiger partial charge is 0.495 e. The SMILES string of the molecule is COc1cc(-c2ncc(F)cn2)ccc1Nc1cc(Nc2cc(C)nc(C)n2)ncn1. The maximum Gasteiger partial charge on any atom is 0.159 e. The van der Waals surface area contributed by atoms with Crippen LogP contribution < -0.4 is 15.4 Å². The molecule has 1 aromatic carbocycles. The fraction of sp³-hybridized carbons (Fsp3) is 0.143. The third kappa shape index (κ3) is 4.86. The summed E-state index contributed by atoms with van der Waals surface area (Å²) in [5, 5.41) is 6.37. The molecule has 0 saturated carbocycles. The zero-order valence-corrected chi connectivity index (χ0v) is 17.1. The third-order valence-corrected chi connectivity index (χ3v) is 4.23. The second-order valence-electron chi connectivity index (χ2n) is 6.62. The summed E-state index contributed by atoms with van der Waals surface area (Å²) < 4.78 is 18.6. The van der Waals surface area contributed by atoms with E-state index in [1.54, 1.807) is 19.2 Å². The van der Waals surface area contributed by atoms with Crippen molar-refractivity contribution in [2.24, 2.45) is 0 Å². The number of nitrogens with one attached hydrogen (secondary N) is 2. The van der Waals surface area contributed by atoms with E-state index in [-0.39, 0.29) is 0 Å². The minimum Gasteiger partial charge on any atom is -0.495 e. The van der Waals surface area contributed by atoms with E-state index < -0.39 is 5.82 Å². The second-order valence-corrected chi connectivity index (χ2v) is 6.62. The third-order valence-electron chi connectivity index (χ3n) is 4.23. The van der Waals surface area contributed by atoms with E-state index in [1.807, 2.05) is 32.0 Å². The van der Waals surface area contributed by atoms with Crippen LogP contribution >= 0.6 is 0 Å². The fourth-order valence-corrected chi connectivity index (χ4v) is 2.94. The maximum atomic E-state index is 13.1. The number of nitrogens with zero attached hydrogens (tertiary/aromatic N) is 6. The van der Waals surface area contributed by atoms with Gasteiger partial charge in [-0.15, -0.1) is 0 Å². The molecule has 2 N–H and O–H groups in total. The Morgan fingerprint density at radius 1 is 0.839 bits per heavy atom. The highest BCUT2D eigenvalue weighted by atomic mass is 19.1. The molecule has 0 fully saturated rings. The van der Waals surface area contributed by atoms with Crippen LogP contribution in [0.15, 0.2) is 49.1 Å². The van der Waals surface area contributed by atoms with Gasteiger partial charge in [0.1, 0.15) is 35.4 Å². The van der Waals surface area contributed by atoms with Gasteiger partial charge in [-0.05, 0) is 32.0 Å². The molecule has 0 radical (unpaired) electrons. The zero-order chi connectivity index (χ0) is 21.8. The first-order valence-corrected chi connectivity index (χ1v) is 9.34. The first-order chi connectivity index (χ1) is 15.0. The van der Waals surface area contributed by atoms with Gasteiger partial charge in [0.15, 0.2) is 11.6 Å². The molecular weight excluding hydrogens is 399 g/mol. The smallest absolute Gasteiger partial charge is 0.159 e. The molecule has 3 heterocycles. The summed E-state index contributed by atoms with van der Waals surface area (Å²) in [5.41, 5.74) is 2.24. The van der Waals surface area contributed by atoms with Crippen LogP contribution in [0.2, 0.25) is 0 Å². The Morgan fingerprint density at radius 3 is 2.29 bits per heavy atom. The molecule has 0 amide bonds. The number of aromatic nitrogens is 6. The van der Waals surface area contributed by atoms with Crippen molar-refractivity contribution in [1.29, 1.82) is 0 Å². The summed E-state index contributed by atoms with van der Waals surface area (Å²) in [6, 6.07) is 8.98.